The highest BCUT2D eigenvalue weighted by Crippen LogP contribution is 2.22. The molecule has 2 unspecified atom stereocenters. The summed E-state index contributed by atoms with van der Waals surface area (Å²) in [6, 6.07) is 5.09. The van der Waals surface area contributed by atoms with Gasteiger partial charge in [0.25, 0.3) is 0 Å². The Kier molecular flexibility index (Phi) is 5.95. The fourth-order valence-corrected chi connectivity index (χ4v) is 3.00. The molecule has 0 bridgehead atoms. The molecule has 1 N–H and O–H groups in total. The van der Waals surface area contributed by atoms with Gasteiger partial charge in [0.2, 0.25) is 0 Å². The molecule has 2 rings (SSSR count). The third kappa shape index (κ3) is 4.01. The third-order valence-electron chi connectivity index (χ3n) is 4.16. The van der Waals surface area contributed by atoms with Crippen molar-refractivity contribution in [3.05, 3.63) is 30.1 Å². The molecule has 20 heavy (non-hydrogen) atoms. The Morgan fingerprint density at radius 3 is 2.95 bits per heavy atom. The number of nitrogens with one attached hydrogen (secondary N) is 1. The van der Waals surface area contributed by atoms with Crippen molar-refractivity contribution in [2.75, 3.05) is 40.3 Å². The Hall–Kier alpha value is -0.970. The van der Waals surface area contributed by atoms with Crippen LogP contribution in [0.15, 0.2) is 24.5 Å². The van der Waals surface area contributed by atoms with Crippen molar-refractivity contribution >= 4 is 0 Å². The van der Waals surface area contributed by atoms with Gasteiger partial charge < -0.3 is 15.1 Å². The number of hydrogen-bond acceptors (Lipinski definition) is 4. The van der Waals surface area contributed by atoms with Crippen LogP contribution < -0.4 is 5.32 Å². The maximum atomic E-state index is 4.30. The van der Waals surface area contributed by atoms with Gasteiger partial charge in [-0.05, 0) is 58.2 Å². The summed E-state index contributed by atoms with van der Waals surface area (Å²) >= 11 is 0. The van der Waals surface area contributed by atoms with E-state index in [4.69, 9.17) is 0 Å². The van der Waals surface area contributed by atoms with Crippen LogP contribution in [-0.4, -0.2) is 61.1 Å². The number of pyridine rings is 1. The van der Waals surface area contributed by atoms with E-state index in [1.807, 2.05) is 18.5 Å². The Balaban J connectivity index is 2.19. The average Bonchev–Trinajstić information content (AvgIpc) is 2.62. The van der Waals surface area contributed by atoms with E-state index >= 15 is 0 Å². The molecule has 0 aliphatic carbocycles. The van der Waals surface area contributed by atoms with Crippen LogP contribution in [0.5, 0.6) is 0 Å². The minimum absolute atomic E-state index is 0.356. The van der Waals surface area contributed by atoms with E-state index in [9.17, 15) is 0 Å². The van der Waals surface area contributed by atoms with Gasteiger partial charge >= 0.3 is 0 Å². The van der Waals surface area contributed by atoms with Gasteiger partial charge in [-0.25, -0.2) is 0 Å². The second kappa shape index (κ2) is 7.72. The van der Waals surface area contributed by atoms with Crippen molar-refractivity contribution < 1.29 is 0 Å². The van der Waals surface area contributed by atoms with Gasteiger partial charge in [-0.15, -0.1) is 0 Å². The van der Waals surface area contributed by atoms with Gasteiger partial charge in [0.1, 0.15) is 0 Å². The zero-order valence-corrected chi connectivity index (χ0v) is 13.0. The minimum Gasteiger partial charge on any atom is -0.309 e. The number of aromatic nitrogens is 1. The minimum atomic E-state index is 0.356. The van der Waals surface area contributed by atoms with E-state index in [0.717, 1.165) is 19.5 Å². The molecule has 0 saturated carbocycles. The number of hydrogen-bond donors (Lipinski definition) is 1. The lowest BCUT2D eigenvalue weighted by atomic mass is 9.99. The largest absolute Gasteiger partial charge is 0.309 e. The van der Waals surface area contributed by atoms with E-state index in [-0.39, 0.29) is 0 Å². The Morgan fingerprint density at radius 2 is 2.25 bits per heavy atom. The standard InChI is InChI=1S/C16H28N4/c1-4-8-18-16(14-7-5-9-17-12-14)15-13-19(2)10-6-11-20(15)3/h5,7,9,12,15-16,18H,4,6,8,10-11,13H2,1-3H3. The summed E-state index contributed by atoms with van der Waals surface area (Å²) in [6.07, 6.45) is 6.26. The van der Waals surface area contributed by atoms with Crippen LogP contribution in [-0.2, 0) is 0 Å². The Labute approximate surface area is 123 Å². The van der Waals surface area contributed by atoms with Crippen LogP contribution in [0.4, 0.5) is 0 Å². The number of rotatable bonds is 5. The fraction of sp³-hybridized carbons (Fsp3) is 0.688. The normalized spacial score (nSPS) is 23.4. The third-order valence-corrected chi connectivity index (χ3v) is 4.16. The van der Waals surface area contributed by atoms with Gasteiger partial charge in [0, 0.05) is 25.0 Å². The smallest absolute Gasteiger partial charge is 0.0505 e. The van der Waals surface area contributed by atoms with Crippen molar-refractivity contribution in [2.24, 2.45) is 0 Å². The second-order valence-corrected chi connectivity index (χ2v) is 5.88. The zero-order chi connectivity index (χ0) is 14.4. The molecule has 112 valence electrons. The zero-order valence-electron chi connectivity index (χ0n) is 13.0. The molecule has 0 spiro atoms. The topological polar surface area (TPSA) is 31.4 Å². The fourth-order valence-electron chi connectivity index (χ4n) is 3.00. The van der Waals surface area contributed by atoms with Crippen molar-refractivity contribution in [1.29, 1.82) is 0 Å². The van der Waals surface area contributed by atoms with Gasteiger partial charge in [0.15, 0.2) is 0 Å². The van der Waals surface area contributed by atoms with Gasteiger partial charge in [-0.3, -0.25) is 4.98 Å². The van der Waals surface area contributed by atoms with E-state index < -0.39 is 0 Å². The lowest BCUT2D eigenvalue weighted by Crippen LogP contribution is -2.47. The first-order chi connectivity index (χ1) is 9.72. The van der Waals surface area contributed by atoms with E-state index in [1.165, 1.54) is 25.1 Å². The molecule has 1 aliphatic heterocycles. The summed E-state index contributed by atoms with van der Waals surface area (Å²) in [5.74, 6) is 0. The summed E-state index contributed by atoms with van der Waals surface area (Å²) in [6.45, 7) is 6.73. The molecule has 1 aromatic rings. The van der Waals surface area contributed by atoms with Crippen LogP contribution in [0.1, 0.15) is 31.4 Å². The molecule has 1 aliphatic rings. The predicted octanol–water partition coefficient (Wildman–Crippen LogP) is 1.76. The SMILES string of the molecule is CCCNC(c1cccnc1)C1CN(C)CCCN1C. The summed E-state index contributed by atoms with van der Waals surface area (Å²) in [5.41, 5.74) is 1.30. The maximum absolute atomic E-state index is 4.30. The summed E-state index contributed by atoms with van der Waals surface area (Å²) in [5, 5.41) is 3.73. The molecule has 1 aromatic heterocycles. The molecular formula is C16H28N4. The van der Waals surface area contributed by atoms with Crippen molar-refractivity contribution in [3.8, 4) is 0 Å². The molecule has 1 fully saturated rings. The van der Waals surface area contributed by atoms with Crippen LogP contribution in [0.2, 0.25) is 0 Å². The van der Waals surface area contributed by atoms with Crippen LogP contribution in [0, 0.1) is 0 Å². The molecule has 1 saturated heterocycles. The van der Waals surface area contributed by atoms with E-state index in [1.54, 1.807) is 0 Å². The molecule has 0 aromatic carbocycles. The molecule has 0 amide bonds. The average molecular weight is 276 g/mol. The Morgan fingerprint density at radius 1 is 1.40 bits per heavy atom. The van der Waals surface area contributed by atoms with Gasteiger partial charge in [-0.1, -0.05) is 13.0 Å². The van der Waals surface area contributed by atoms with Crippen LogP contribution in [0.25, 0.3) is 0 Å². The molecule has 4 nitrogen and oxygen atoms in total. The van der Waals surface area contributed by atoms with Gasteiger partial charge in [0.05, 0.1) is 6.04 Å². The van der Waals surface area contributed by atoms with E-state index in [2.05, 4.69) is 47.2 Å². The monoisotopic (exact) mass is 276 g/mol. The predicted molar refractivity (Wildman–Crippen MR) is 83.8 cm³/mol. The lowest BCUT2D eigenvalue weighted by molar-refractivity contribution is 0.178. The summed E-state index contributed by atoms with van der Waals surface area (Å²) < 4.78 is 0. The molecular weight excluding hydrogens is 248 g/mol. The van der Waals surface area contributed by atoms with Crippen molar-refractivity contribution in [3.63, 3.8) is 0 Å². The maximum Gasteiger partial charge on any atom is 0.0505 e. The van der Waals surface area contributed by atoms with Crippen LogP contribution >= 0.6 is 0 Å². The first kappa shape index (κ1) is 15.4. The highest BCUT2D eigenvalue weighted by atomic mass is 15.2. The van der Waals surface area contributed by atoms with Crippen molar-refractivity contribution in [2.45, 2.75) is 31.8 Å². The number of nitrogens with zero attached hydrogens (tertiary/aromatic N) is 3. The van der Waals surface area contributed by atoms with Gasteiger partial charge in [-0.2, -0.15) is 0 Å². The number of likely N-dealkylation sites (N-methyl/N-ethyl adjacent to an activating group) is 2. The second-order valence-electron chi connectivity index (χ2n) is 5.88. The highest BCUT2D eigenvalue weighted by Gasteiger charge is 2.29. The van der Waals surface area contributed by atoms with Crippen molar-refractivity contribution in [1.82, 2.24) is 20.1 Å². The summed E-state index contributed by atoms with van der Waals surface area (Å²) in [7, 11) is 4.48. The van der Waals surface area contributed by atoms with E-state index in [0.29, 0.717) is 12.1 Å². The quantitative estimate of drug-likeness (QED) is 0.888. The first-order valence-corrected chi connectivity index (χ1v) is 7.74. The molecule has 4 heteroatoms. The highest BCUT2D eigenvalue weighted by molar-refractivity contribution is 5.17. The lowest BCUT2D eigenvalue weighted by Gasteiger charge is -2.35. The first-order valence-electron chi connectivity index (χ1n) is 7.74. The molecule has 2 atom stereocenters. The van der Waals surface area contributed by atoms with Crippen LogP contribution in [0.3, 0.4) is 0 Å². The molecule has 2 heterocycles. The summed E-state index contributed by atoms with van der Waals surface area (Å²) in [4.78, 5) is 9.26. The Bertz CT molecular complexity index is 381. The molecule has 0 radical (unpaired) electrons.